The average Bonchev–Trinajstić information content (AvgIpc) is 2.94. The number of fused-ring (bicyclic) bond motifs is 1. The minimum atomic E-state index is -0.934. The van der Waals surface area contributed by atoms with Gasteiger partial charge in [-0.3, -0.25) is 19.5 Å². The lowest BCUT2D eigenvalue weighted by Gasteiger charge is -2.47. The number of ether oxygens (including phenoxy) is 2. The molecule has 4 heterocycles. The molecule has 0 unspecified atom stereocenters. The van der Waals surface area contributed by atoms with Crippen LogP contribution in [-0.4, -0.2) is 114 Å². The molecule has 1 aromatic heterocycles. The highest BCUT2D eigenvalue weighted by atomic mass is 19.1. The van der Waals surface area contributed by atoms with E-state index in [1.165, 1.54) is 17.0 Å². The van der Waals surface area contributed by atoms with Gasteiger partial charge < -0.3 is 19.5 Å². The number of rotatable bonds is 7. The van der Waals surface area contributed by atoms with Crippen molar-refractivity contribution in [2.75, 3.05) is 57.4 Å². The van der Waals surface area contributed by atoms with Crippen molar-refractivity contribution >= 4 is 17.7 Å². The zero-order chi connectivity index (χ0) is 29.1. The predicted molar refractivity (Wildman–Crippen MR) is 152 cm³/mol. The van der Waals surface area contributed by atoms with Gasteiger partial charge in [-0.05, 0) is 56.0 Å². The molecule has 0 radical (unpaired) electrons. The summed E-state index contributed by atoms with van der Waals surface area (Å²) in [5.41, 5.74) is 2.49. The minimum absolute atomic E-state index is 0.0570. The quantitative estimate of drug-likeness (QED) is 0.544. The third-order valence-electron chi connectivity index (χ3n) is 8.32. The number of carbonyl (C=O) groups excluding carboxylic acids is 1. The molecule has 1 N–H and O–H groups in total. The van der Waals surface area contributed by atoms with E-state index in [-0.39, 0.29) is 42.5 Å². The number of morpholine rings is 1. The summed E-state index contributed by atoms with van der Waals surface area (Å²) in [6.07, 6.45) is 2.18. The smallest absolute Gasteiger partial charge is 0.407 e. The van der Waals surface area contributed by atoms with Crippen LogP contribution in [0.4, 0.5) is 14.9 Å². The van der Waals surface area contributed by atoms with Crippen molar-refractivity contribution in [1.29, 1.82) is 0 Å². The molecule has 4 atom stereocenters. The Hall–Kier alpha value is -3.28. The molecule has 5 rings (SSSR count). The Kier molecular flexibility index (Phi) is 9.06. The number of pyridine rings is 1. The molecule has 1 aromatic carbocycles. The van der Waals surface area contributed by atoms with Gasteiger partial charge in [-0.1, -0.05) is 19.1 Å². The lowest BCUT2D eigenvalue weighted by Crippen LogP contribution is -2.64. The average molecular weight is 570 g/mol. The van der Waals surface area contributed by atoms with E-state index in [2.05, 4.69) is 14.8 Å². The van der Waals surface area contributed by atoms with Crippen molar-refractivity contribution in [2.24, 2.45) is 0 Å². The fraction of sp³-hybridized carbons (Fsp3) is 0.567. The first-order valence-corrected chi connectivity index (χ1v) is 14.5. The minimum Gasteiger partial charge on any atom is -0.474 e. The number of aromatic nitrogens is 1. The Morgan fingerprint density at radius 1 is 1.10 bits per heavy atom. The van der Waals surface area contributed by atoms with Crippen molar-refractivity contribution in [3.8, 4) is 5.88 Å². The number of carbonyl (C=O) groups is 2. The molecule has 0 spiro atoms. The van der Waals surface area contributed by atoms with Crippen molar-refractivity contribution in [2.45, 2.75) is 57.8 Å². The number of halogens is 1. The molecule has 3 aliphatic rings. The Morgan fingerprint density at radius 2 is 1.88 bits per heavy atom. The van der Waals surface area contributed by atoms with Crippen molar-refractivity contribution in [3.63, 3.8) is 0 Å². The summed E-state index contributed by atoms with van der Waals surface area (Å²) < 4.78 is 25.1. The first kappa shape index (κ1) is 29.2. The second-order valence-corrected chi connectivity index (χ2v) is 11.4. The van der Waals surface area contributed by atoms with Crippen LogP contribution in [0.15, 0.2) is 36.5 Å². The largest absolute Gasteiger partial charge is 0.474 e. The number of benzene rings is 1. The lowest BCUT2D eigenvalue weighted by atomic mass is 10.0. The summed E-state index contributed by atoms with van der Waals surface area (Å²) in [7, 11) is 0. The first-order chi connectivity index (χ1) is 19.7. The highest BCUT2D eigenvalue weighted by Gasteiger charge is 2.39. The normalized spacial score (nSPS) is 25.5. The fourth-order valence-electron chi connectivity index (χ4n) is 6.13. The monoisotopic (exact) mass is 569 g/mol. The molecule has 2 fully saturated rings. The Morgan fingerprint density at radius 3 is 2.59 bits per heavy atom. The molecule has 3 aliphatic heterocycles. The summed E-state index contributed by atoms with van der Waals surface area (Å²) >= 11 is 0. The number of nitrogens with zero attached hydrogens (tertiary/aromatic N) is 5. The fourth-order valence-corrected chi connectivity index (χ4v) is 6.13. The van der Waals surface area contributed by atoms with Gasteiger partial charge in [-0.2, -0.15) is 0 Å². The summed E-state index contributed by atoms with van der Waals surface area (Å²) in [6, 6.07) is 7.81. The number of hydrogen-bond donors (Lipinski definition) is 1. The highest BCUT2D eigenvalue weighted by molar-refractivity contribution is 5.97. The summed E-state index contributed by atoms with van der Waals surface area (Å²) in [6.45, 7) is 10.2. The van der Waals surface area contributed by atoms with E-state index in [0.717, 1.165) is 24.2 Å². The molecule has 2 amide bonds. The van der Waals surface area contributed by atoms with Gasteiger partial charge in [0.25, 0.3) is 0 Å². The highest BCUT2D eigenvalue weighted by Crippen LogP contribution is 2.34. The number of carboxylic acid groups (broad SMARTS) is 1. The maximum atomic E-state index is 14.1. The topological polar surface area (TPSA) is 98.7 Å². The van der Waals surface area contributed by atoms with Crippen LogP contribution >= 0.6 is 0 Å². The standard InChI is InChI=1S/C30H40FN5O5/c1-4-25-19-41-29-27(12-23(13-32-29)11-22-5-7-24(31)8-6-22)36(25)28(37)18-34-14-20(2)35(30(38)39)17-26(34)16-33-9-10-40-21(3)15-33/h5-8,12-13,20-21,25-26H,4,9-11,14-19H2,1-3H3,(H,38,39)/t20-,21-,25+,26+/m1/s1. The van der Waals surface area contributed by atoms with Gasteiger partial charge >= 0.3 is 6.09 Å². The number of anilines is 1. The first-order valence-electron chi connectivity index (χ1n) is 14.5. The van der Waals surface area contributed by atoms with Crippen LogP contribution in [0.25, 0.3) is 0 Å². The van der Waals surface area contributed by atoms with E-state index in [9.17, 15) is 19.1 Å². The second kappa shape index (κ2) is 12.7. The summed E-state index contributed by atoms with van der Waals surface area (Å²) in [5, 5.41) is 9.83. The molecular formula is C30H40FN5O5. The van der Waals surface area contributed by atoms with Crippen LogP contribution in [-0.2, 0) is 16.0 Å². The molecular weight excluding hydrogens is 529 g/mol. The van der Waals surface area contributed by atoms with E-state index >= 15 is 0 Å². The van der Waals surface area contributed by atoms with Crippen LogP contribution in [0.3, 0.4) is 0 Å². The molecule has 0 bridgehead atoms. The summed E-state index contributed by atoms with van der Waals surface area (Å²) in [5.74, 6) is 0.0838. The van der Waals surface area contributed by atoms with Crippen LogP contribution in [0.5, 0.6) is 5.88 Å². The molecule has 222 valence electrons. The Balaban J connectivity index is 1.37. The number of amides is 2. The van der Waals surface area contributed by atoms with Gasteiger partial charge in [-0.15, -0.1) is 0 Å². The zero-order valence-corrected chi connectivity index (χ0v) is 24.0. The van der Waals surface area contributed by atoms with Gasteiger partial charge in [0.15, 0.2) is 0 Å². The van der Waals surface area contributed by atoms with E-state index in [1.54, 1.807) is 18.3 Å². The van der Waals surface area contributed by atoms with Gasteiger partial charge in [0, 0.05) is 51.0 Å². The maximum Gasteiger partial charge on any atom is 0.407 e. The Labute approximate surface area is 240 Å². The molecule has 2 saturated heterocycles. The van der Waals surface area contributed by atoms with Crippen molar-refractivity contribution in [3.05, 3.63) is 53.5 Å². The van der Waals surface area contributed by atoms with Crippen LogP contribution in [0, 0.1) is 5.82 Å². The third-order valence-corrected chi connectivity index (χ3v) is 8.32. The van der Waals surface area contributed by atoms with E-state index in [1.807, 2.05) is 31.7 Å². The molecule has 0 aliphatic carbocycles. The lowest BCUT2D eigenvalue weighted by molar-refractivity contribution is -0.122. The SMILES string of the molecule is CC[C@H]1COc2ncc(Cc3ccc(F)cc3)cc2N1C(=O)CN1C[C@@H](C)N(C(=O)O)C[C@@H]1CN1CCO[C@H](C)C1. The third kappa shape index (κ3) is 6.79. The van der Waals surface area contributed by atoms with Gasteiger partial charge in [0.2, 0.25) is 11.8 Å². The van der Waals surface area contributed by atoms with Gasteiger partial charge in [0.1, 0.15) is 18.1 Å². The molecule has 11 heteroatoms. The molecule has 41 heavy (non-hydrogen) atoms. The summed E-state index contributed by atoms with van der Waals surface area (Å²) in [4.78, 5) is 38.4. The second-order valence-electron chi connectivity index (χ2n) is 11.4. The van der Waals surface area contributed by atoms with Crippen LogP contribution in [0.1, 0.15) is 38.3 Å². The van der Waals surface area contributed by atoms with Crippen LogP contribution < -0.4 is 9.64 Å². The maximum absolute atomic E-state index is 14.1. The number of hydrogen-bond acceptors (Lipinski definition) is 7. The van der Waals surface area contributed by atoms with Gasteiger partial charge in [-0.25, -0.2) is 14.2 Å². The van der Waals surface area contributed by atoms with Crippen molar-refractivity contribution < 1.29 is 28.6 Å². The Bertz CT molecular complexity index is 1230. The zero-order valence-electron chi connectivity index (χ0n) is 24.0. The molecule has 0 saturated carbocycles. The molecule has 10 nitrogen and oxygen atoms in total. The van der Waals surface area contributed by atoms with Gasteiger partial charge in [0.05, 0.1) is 25.3 Å². The van der Waals surface area contributed by atoms with E-state index in [0.29, 0.717) is 57.3 Å². The van der Waals surface area contributed by atoms with Crippen LogP contribution in [0.2, 0.25) is 0 Å². The van der Waals surface area contributed by atoms with Crippen molar-refractivity contribution in [1.82, 2.24) is 19.7 Å². The molecule has 2 aromatic rings. The number of piperazine rings is 1. The predicted octanol–water partition coefficient (Wildman–Crippen LogP) is 3.09. The van der Waals surface area contributed by atoms with E-state index < -0.39 is 6.09 Å². The van der Waals surface area contributed by atoms with E-state index in [4.69, 9.17) is 9.47 Å².